The molecule has 0 bridgehead atoms. The Morgan fingerprint density at radius 1 is 1.23 bits per heavy atom. The van der Waals surface area contributed by atoms with Crippen molar-refractivity contribution >= 4 is 35.6 Å². The van der Waals surface area contributed by atoms with Gasteiger partial charge in [0.15, 0.2) is 11.7 Å². The van der Waals surface area contributed by atoms with E-state index in [1.165, 1.54) is 0 Å². The third-order valence-electron chi connectivity index (χ3n) is 5.14. The molecule has 2 heterocycles. The highest BCUT2D eigenvalue weighted by atomic mass is 127. The van der Waals surface area contributed by atoms with Crippen molar-refractivity contribution in [1.82, 2.24) is 15.8 Å². The summed E-state index contributed by atoms with van der Waals surface area (Å²) in [6, 6.07) is 8.24. The zero-order valence-electron chi connectivity index (χ0n) is 19.0. The molecule has 172 valence electrons. The molecule has 1 aliphatic heterocycles. The first-order valence-corrected chi connectivity index (χ1v) is 10.5. The van der Waals surface area contributed by atoms with Crippen LogP contribution in [0.5, 0.6) is 11.5 Å². The van der Waals surface area contributed by atoms with E-state index in [-0.39, 0.29) is 24.0 Å². The lowest BCUT2D eigenvalue weighted by Crippen LogP contribution is -2.44. The van der Waals surface area contributed by atoms with Gasteiger partial charge in [-0.25, -0.2) is 4.99 Å². The monoisotopic (exact) mass is 543 g/mol. The minimum atomic E-state index is 0. The van der Waals surface area contributed by atoms with Crippen LogP contribution in [0.3, 0.4) is 0 Å². The zero-order valence-corrected chi connectivity index (χ0v) is 21.3. The summed E-state index contributed by atoms with van der Waals surface area (Å²) < 4.78 is 16.2. The third kappa shape index (κ3) is 6.91. The summed E-state index contributed by atoms with van der Waals surface area (Å²) in [5, 5.41) is 11.0. The molecule has 1 unspecified atom stereocenters. The van der Waals surface area contributed by atoms with Crippen molar-refractivity contribution in [3.8, 4) is 11.5 Å². The van der Waals surface area contributed by atoms with Crippen LogP contribution in [0.25, 0.3) is 0 Å². The second-order valence-corrected chi connectivity index (χ2v) is 7.71. The van der Waals surface area contributed by atoms with Crippen molar-refractivity contribution in [2.24, 2.45) is 4.99 Å². The Balaban J connectivity index is 0.00000341. The van der Waals surface area contributed by atoms with Crippen LogP contribution in [0.1, 0.15) is 44.6 Å². The Bertz CT molecular complexity index is 833. The summed E-state index contributed by atoms with van der Waals surface area (Å²) in [5.74, 6) is 3.49. The fourth-order valence-electron chi connectivity index (χ4n) is 3.43. The van der Waals surface area contributed by atoms with Crippen molar-refractivity contribution in [1.29, 1.82) is 0 Å². The molecule has 0 radical (unpaired) electrons. The fraction of sp³-hybridized carbons (Fsp3) is 0.545. The van der Waals surface area contributed by atoms with Gasteiger partial charge >= 0.3 is 0 Å². The first-order chi connectivity index (χ1) is 14.5. The summed E-state index contributed by atoms with van der Waals surface area (Å²) in [4.78, 5) is 7.01. The van der Waals surface area contributed by atoms with Gasteiger partial charge in [0.1, 0.15) is 18.0 Å². The van der Waals surface area contributed by atoms with E-state index in [1.54, 1.807) is 14.2 Å². The molecule has 8 nitrogen and oxygen atoms in total. The van der Waals surface area contributed by atoms with E-state index in [1.807, 2.05) is 24.3 Å². The van der Waals surface area contributed by atoms with E-state index in [0.717, 1.165) is 60.7 Å². The van der Waals surface area contributed by atoms with Gasteiger partial charge in [0, 0.05) is 55.6 Å². The molecule has 1 aromatic carbocycles. The number of rotatable bonds is 8. The number of nitrogens with one attached hydrogen (secondary N) is 2. The minimum absolute atomic E-state index is 0. The fourth-order valence-corrected chi connectivity index (χ4v) is 3.43. The molecule has 2 aromatic rings. The van der Waals surface area contributed by atoms with Gasteiger partial charge < -0.3 is 29.5 Å². The molecule has 1 fully saturated rings. The number of aliphatic imine (C=N–C) groups is 1. The Hall–Kier alpha value is -2.17. The number of hydrogen-bond donors (Lipinski definition) is 2. The average Bonchev–Trinajstić information content (AvgIpc) is 3.41. The lowest BCUT2D eigenvalue weighted by atomic mass is 10.1. The molecular weight excluding hydrogens is 509 g/mol. The second kappa shape index (κ2) is 12.0. The Labute approximate surface area is 201 Å². The van der Waals surface area contributed by atoms with Crippen LogP contribution in [0, 0.1) is 0 Å². The number of ether oxygens (including phenoxy) is 2. The Kier molecular flexibility index (Phi) is 9.73. The van der Waals surface area contributed by atoms with Crippen LogP contribution in [0.15, 0.2) is 33.8 Å². The van der Waals surface area contributed by atoms with Crippen molar-refractivity contribution in [2.75, 3.05) is 38.8 Å². The van der Waals surface area contributed by atoms with E-state index < -0.39 is 0 Å². The summed E-state index contributed by atoms with van der Waals surface area (Å²) >= 11 is 0. The summed E-state index contributed by atoms with van der Waals surface area (Å²) in [5.41, 5.74) is 2.05. The van der Waals surface area contributed by atoms with Gasteiger partial charge in [0.25, 0.3) is 0 Å². The zero-order chi connectivity index (χ0) is 21.5. The quantitative estimate of drug-likeness (QED) is 0.298. The summed E-state index contributed by atoms with van der Waals surface area (Å²) in [6.45, 7) is 9.34. The van der Waals surface area contributed by atoms with Crippen LogP contribution in [-0.2, 0) is 6.54 Å². The van der Waals surface area contributed by atoms with Crippen molar-refractivity contribution in [3.63, 3.8) is 0 Å². The second-order valence-electron chi connectivity index (χ2n) is 7.71. The van der Waals surface area contributed by atoms with Gasteiger partial charge in [0.2, 0.25) is 0 Å². The van der Waals surface area contributed by atoms with Crippen LogP contribution in [0.4, 0.5) is 5.69 Å². The van der Waals surface area contributed by atoms with Crippen LogP contribution in [-0.4, -0.2) is 51.0 Å². The van der Waals surface area contributed by atoms with E-state index >= 15 is 0 Å². The molecule has 1 aromatic heterocycles. The first kappa shape index (κ1) is 25.1. The lowest BCUT2D eigenvalue weighted by Gasteiger charge is -2.21. The lowest BCUT2D eigenvalue weighted by molar-refractivity contribution is 0.376. The van der Waals surface area contributed by atoms with Gasteiger partial charge in [-0.05, 0) is 19.3 Å². The topological polar surface area (TPSA) is 84.2 Å². The average molecular weight is 543 g/mol. The van der Waals surface area contributed by atoms with Crippen molar-refractivity contribution < 1.29 is 14.0 Å². The normalized spacial score (nSPS) is 16.3. The standard InChI is InChI=1S/C22H33N5O3.HI/c1-6-23-22(24-13-20-12-21(15(2)3)26-30-20)25-16-7-8-27(14-16)17-9-18(28-4)11-19(10-17)29-5;/h9-12,15-16H,6-8,13-14H2,1-5H3,(H2,23,24,25);1H. The van der Waals surface area contributed by atoms with Crippen LogP contribution >= 0.6 is 24.0 Å². The molecule has 0 amide bonds. The maximum absolute atomic E-state index is 5.41. The largest absolute Gasteiger partial charge is 0.497 e. The maximum Gasteiger partial charge on any atom is 0.191 e. The molecule has 1 atom stereocenters. The van der Waals surface area contributed by atoms with Crippen molar-refractivity contribution in [3.05, 3.63) is 35.7 Å². The van der Waals surface area contributed by atoms with Crippen LogP contribution < -0.4 is 25.0 Å². The van der Waals surface area contributed by atoms with Gasteiger partial charge in [-0.3, -0.25) is 0 Å². The number of aromatic nitrogens is 1. The summed E-state index contributed by atoms with van der Waals surface area (Å²) in [7, 11) is 3.34. The molecule has 1 saturated heterocycles. The molecule has 2 N–H and O–H groups in total. The highest BCUT2D eigenvalue weighted by Gasteiger charge is 2.24. The first-order valence-electron chi connectivity index (χ1n) is 10.5. The summed E-state index contributed by atoms with van der Waals surface area (Å²) in [6.07, 6.45) is 1.02. The van der Waals surface area contributed by atoms with Crippen molar-refractivity contribution in [2.45, 2.75) is 45.7 Å². The Morgan fingerprint density at radius 3 is 2.52 bits per heavy atom. The SMILES string of the molecule is CCNC(=NCc1cc(C(C)C)no1)NC1CCN(c2cc(OC)cc(OC)c2)C1.I. The van der Waals surface area contributed by atoms with Gasteiger partial charge in [-0.1, -0.05) is 19.0 Å². The molecule has 1 aliphatic rings. The molecule has 9 heteroatoms. The number of nitrogens with zero attached hydrogens (tertiary/aromatic N) is 3. The third-order valence-corrected chi connectivity index (χ3v) is 5.14. The number of hydrogen-bond acceptors (Lipinski definition) is 6. The van der Waals surface area contributed by atoms with Gasteiger partial charge in [-0.15, -0.1) is 24.0 Å². The van der Waals surface area contributed by atoms with Crippen LogP contribution in [0.2, 0.25) is 0 Å². The van der Waals surface area contributed by atoms with E-state index in [2.05, 4.69) is 46.5 Å². The number of guanidine groups is 1. The van der Waals surface area contributed by atoms with E-state index in [9.17, 15) is 0 Å². The Morgan fingerprint density at radius 2 is 1.94 bits per heavy atom. The molecule has 0 spiro atoms. The van der Waals surface area contributed by atoms with E-state index in [4.69, 9.17) is 14.0 Å². The minimum Gasteiger partial charge on any atom is -0.497 e. The number of methoxy groups -OCH3 is 2. The van der Waals surface area contributed by atoms with E-state index in [0.29, 0.717) is 18.5 Å². The predicted molar refractivity (Wildman–Crippen MR) is 134 cm³/mol. The number of benzene rings is 1. The smallest absolute Gasteiger partial charge is 0.191 e. The molecule has 31 heavy (non-hydrogen) atoms. The van der Waals surface area contributed by atoms with Gasteiger partial charge in [-0.2, -0.15) is 0 Å². The maximum atomic E-state index is 5.41. The molecule has 3 rings (SSSR count). The number of halogens is 1. The predicted octanol–water partition coefficient (Wildman–Crippen LogP) is 3.77. The van der Waals surface area contributed by atoms with Gasteiger partial charge in [0.05, 0.1) is 19.9 Å². The number of anilines is 1. The molecular formula is C22H34IN5O3. The highest BCUT2D eigenvalue weighted by molar-refractivity contribution is 14.0. The molecule has 0 aliphatic carbocycles. The molecule has 0 saturated carbocycles. The highest BCUT2D eigenvalue weighted by Crippen LogP contribution is 2.30.